The second kappa shape index (κ2) is 9.97. The van der Waals surface area contributed by atoms with E-state index in [1.54, 1.807) is 11.0 Å². The number of nitrogens with one attached hydrogen (secondary N) is 1. The van der Waals surface area contributed by atoms with Crippen LogP contribution in [0.4, 0.5) is 0 Å². The molecule has 138 valence electrons. The van der Waals surface area contributed by atoms with Crippen LogP contribution in [0.1, 0.15) is 31.4 Å². The van der Waals surface area contributed by atoms with E-state index in [-0.39, 0.29) is 18.2 Å². The first-order valence-corrected chi connectivity index (χ1v) is 9.29. The highest BCUT2D eigenvalue weighted by molar-refractivity contribution is 6.31. The van der Waals surface area contributed by atoms with E-state index in [1.807, 2.05) is 62.4 Å². The van der Waals surface area contributed by atoms with Gasteiger partial charge in [-0.25, -0.2) is 0 Å². The summed E-state index contributed by atoms with van der Waals surface area (Å²) < 4.78 is 0. The number of likely N-dealkylation sites (N-methyl/N-ethyl adjacent to an activating group) is 1. The maximum atomic E-state index is 13.0. The SMILES string of the molecule is CCNC(=O)C(CC)N(Cc1ccccc1Cl)C(=O)Cc1ccccc1. The lowest BCUT2D eigenvalue weighted by atomic mass is 10.1. The summed E-state index contributed by atoms with van der Waals surface area (Å²) in [6.07, 6.45) is 0.790. The van der Waals surface area contributed by atoms with E-state index in [9.17, 15) is 9.59 Å². The molecule has 1 atom stereocenters. The molecule has 0 aliphatic heterocycles. The maximum absolute atomic E-state index is 13.0. The molecule has 2 rings (SSSR count). The lowest BCUT2D eigenvalue weighted by molar-refractivity contribution is -0.140. The van der Waals surface area contributed by atoms with Crippen molar-refractivity contribution >= 4 is 23.4 Å². The zero-order valence-corrected chi connectivity index (χ0v) is 16.0. The number of amides is 2. The number of carbonyl (C=O) groups excluding carboxylic acids is 2. The molecule has 2 aromatic carbocycles. The van der Waals surface area contributed by atoms with Crippen molar-refractivity contribution in [3.05, 3.63) is 70.7 Å². The third-order valence-electron chi connectivity index (χ3n) is 4.23. The fourth-order valence-electron chi connectivity index (χ4n) is 2.89. The van der Waals surface area contributed by atoms with Crippen LogP contribution in [0.3, 0.4) is 0 Å². The monoisotopic (exact) mass is 372 g/mol. The molecular formula is C21H25ClN2O2. The molecule has 0 bridgehead atoms. The Labute approximate surface area is 160 Å². The Morgan fingerprint density at radius 2 is 1.69 bits per heavy atom. The van der Waals surface area contributed by atoms with E-state index in [2.05, 4.69) is 5.32 Å². The summed E-state index contributed by atoms with van der Waals surface area (Å²) in [5.41, 5.74) is 1.76. The second-order valence-corrected chi connectivity index (χ2v) is 6.50. The van der Waals surface area contributed by atoms with Crippen molar-refractivity contribution < 1.29 is 9.59 Å². The Morgan fingerprint density at radius 3 is 2.31 bits per heavy atom. The first-order chi connectivity index (χ1) is 12.6. The zero-order chi connectivity index (χ0) is 18.9. The predicted octanol–water partition coefficient (Wildman–Crippen LogP) is 3.83. The Bertz CT molecular complexity index is 734. The normalized spacial score (nSPS) is 11.7. The lowest BCUT2D eigenvalue weighted by Gasteiger charge is -2.31. The minimum Gasteiger partial charge on any atom is -0.355 e. The van der Waals surface area contributed by atoms with Gasteiger partial charge in [0, 0.05) is 18.1 Å². The number of halogens is 1. The van der Waals surface area contributed by atoms with Gasteiger partial charge in [-0.15, -0.1) is 0 Å². The van der Waals surface area contributed by atoms with Crippen LogP contribution in [-0.2, 0) is 22.6 Å². The van der Waals surface area contributed by atoms with E-state index in [1.165, 1.54) is 0 Å². The van der Waals surface area contributed by atoms with Gasteiger partial charge in [-0.05, 0) is 30.5 Å². The van der Waals surface area contributed by atoms with Crippen LogP contribution in [-0.4, -0.2) is 29.3 Å². The van der Waals surface area contributed by atoms with E-state index in [0.29, 0.717) is 24.5 Å². The van der Waals surface area contributed by atoms with Gasteiger partial charge >= 0.3 is 0 Å². The summed E-state index contributed by atoms with van der Waals surface area (Å²) in [6.45, 7) is 4.62. The van der Waals surface area contributed by atoms with E-state index < -0.39 is 6.04 Å². The number of carbonyl (C=O) groups is 2. The summed E-state index contributed by atoms with van der Waals surface area (Å²) in [5, 5.41) is 3.42. The highest BCUT2D eigenvalue weighted by atomic mass is 35.5. The van der Waals surface area contributed by atoms with Crippen molar-refractivity contribution in [3.8, 4) is 0 Å². The third-order valence-corrected chi connectivity index (χ3v) is 4.60. The summed E-state index contributed by atoms with van der Waals surface area (Å²) in [5.74, 6) is -0.224. The number of nitrogens with zero attached hydrogens (tertiary/aromatic N) is 1. The van der Waals surface area contributed by atoms with Crippen molar-refractivity contribution in [1.29, 1.82) is 0 Å². The van der Waals surface area contributed by atoms with Gasteiger partial charge in [0.05, 0.1) is 6.42 Å². The fourth-order valence-corrected chi connectivity index (χ4v) is 3.09. The number of benzene rings is 2. The van der Waals surface area contributed by atoms with Crippen molar-refractivity contribution in [2.45, 2.75) is 39.3 Å². The van der Waals surface area contributed by atoms with Crippen molar-refractivity contribution in [2.75, 3.05) is 6.54 Å². The quantitative estimate of drug-likeness (QED) is 0.765. The third kappa shape index (κ3) is 5.33. The molecule has 0 aliphatic carbocycles. The molecule has 0 saturated carbocycles. The topological polar surface area (TPSA) is 49.4 Å². The van der Waals surface area contributed by atoms with Crippen LogP contribution < -0.4 is 5.32 Å². The predicted molar refractivity (Wildman–Crippen MR) is 105 cm³/mol. The molecule has 0 aromatic heterocycles. The molecule has 2 amide bonds. The minimum atomic E-state index is -0.526. The smallest absolute Gasteiger partial charge is 0.242 e. The van der Waals surface area contributed by atoms with Gasteiger partial charge in [0.25, 0.3) is 0 Å². The Kier molecular flexibility index (Phi) is 7.67. The van der Waals surface area contributed by atoms with Gasteiger partial charge in [-0.1, -0.05) is 67.1 Å². The Hall–Kier alpha value is -2.33. The van der Waals surface area contributed by atoms with Gasteiger partial charge in [0.2, 0.25) is 11.8 Å². The van der Waals surface area contributed by atoms with Crippen LogP contribution in [0.15, 0.2) is 54.6 Å². The van der Waals surface area contributed by atoms with Gasteiger partial charge in [0.1, 0.15) is 6.04 Å². The molecule has 5 heteroatoms. The van der Waals surface area contributed by atoms with E-state index in [4.69, 9.17) is 11.6 Å². The number of hydrogen-bond donors (Lipinski definition) is 1. The largest absolute Gasteiger partial charge is 0.355 e. The van der Waals surface area contributed by atoms with Crippen molar-refractivity contribution in [2.24, 2.45) is 0 Å². The molecule has 1 unspecified atom stereocenters. The van der Waals surface area contributed by atoms with Gasteiger partial charge < -0.3 is 10.2 Å². The lowest BCUT2D eigenvalue weighted by Crippen LogP contribution is -2.49. The Balaban J connectivity index is 2.28. The molecule has 0 fully saturated rings. The summed E-state index contributed by atoms with van der Waals surface area (Å²) in [7, 11) is 0. The number of rotatable bonds is 8. The summed E-state index contributed by atoms with van der Waals surface area (Å²) >= 11 is 6.28. The highest BCUT2D eigenvalue weighted by Crippen LogP contribution is 2.20. The zero-order valence-electron chi connectivity index (χ0n) is 15.2. The molecule has 26 heavy (non-hydrogen) atoms. The standard InChI is InChI=1S/C21H25ClN2O2/c1-3-19(21(26)23-4-2)24(15-17-12-8-9-13-18(17)22)20(25)14-16-10-6-5-7-11-16/h5-13,19H,3-4,14-15H2,1-2H3,(H,23,26). The fraction of sp³-hybridized carbons (Fsp3) is 0.333. The Morgan fingerprint density at radius 1 is 1.04 bits per heavy atom. The first-order valence-electron chi connectivity index (χ1n) is 8.91. The molecule has 0 heterocycles. The first kappa shape index (κ1) is 20.0. The molecule has 0 saturated heterocycles. The van der Waals surface area contributed by atoms with Crippen LogP contribution in [0.2, 0.25) is 5.02 Å². The van der Waals surface area contributed by atoms with Crippen molar-refractivity contribution in [3.63, 3.8) is 0 Å². The number of hydrogen-bond acceptors (Lipinski definition) is 2. The average molecular weight is 373 g/mol. The van der Waals surface area contributed by atoms with Crippen LogP contribution in [0.5, 0.6) is 0 Å². The molecule has 2 aromatic rings. The molecule has 0 radical (unpaired) electrons. The molecule has 1 N–H and O–H groups in total. The highest BCUT2D eigenvalue weighted by Gasteiger charge is 2.28. The van der Waals surface area contributed by atoms with Crippen molar-refractivity contribution in [1.82, 2.24) is 10.2 Å². The van der Waals surface area contributed by atoms with Gasteiger partial charge in [0.15, 0.2) is 0 Å². The van der Waals surface area contributed by atoms with E-state index in [0.717, 1.165) is 11.1 Å². The van der Waals surface area contributed by atoms with Crippen LogP contribution in [0.25, 0.3) is 0 Å². The van der Waals surface area contributed by atoms with E-state index >= 15 is 0 Å². The molecule has 0 aliphatic rings. The second-order valence-electron chi connectivity index (χ2n) is 6.09. The minimum absolute atomic E-state index is 0.0887. The van der Waals surface area contributed by atoms with Gasteiger partial charge in [-0.2, -0.15) is 0 Å². The summed E-state index contributed by atoms with van der Waals surface area (Å²) in [6, 6.07) is 16.4. The summed E-state index contributed by atoms with van der Waals surface area (Å²) in [4.78, 5) is 27.2. The average Bonchev–Trinajstić information content (AvgIpc) is 2.64. The molecule has 0 spiro atoms. The maximum Gasteiger partial charge on any atom is 0.242 e. The molecule has 4 nitrogen and oxygen atoms in total. The van der Waals surface area contributed by atoms with Crippen LogP contribution in [0, 0.1) is 0 Å². The van der Waals surface area contributed by atoms with Crippen LogP contribution >= 0.6 is 11.6 Å². The van der Waals surface area contributed by atoms with Gasteiger partial charge in [-0.3, -0.25) is 9.59 Å². The molecular weight excluding hydrogens is 348 g/mol.